The van der Waals surface area contributed by atoms with Gasteiger partial charge in [0.1, 0.15) is 0 Å². The van der Waals surface area contributed by atoms with Gasteiger partial charge in [-0.1, -0.05) is 24.3 Å². The second-order valence-electron chi connectivity index (χ2n) is 5.95. The summed E-state index contributed by atoms with van der Waals surface area (Å²) in [5, 5.41) is 4.80. The number of para-hydroxylation sites is 1. The summed E-state index contributed by atoms with van der Waals surface area (Å²) in [5.74, 6) is 2.42. The highest BCUT2D eigenvalue weighted by Gasteiger charge is 2.35. The molecule has 3 heteroatoms. The number of pyridine rings is 1. The smallest absolute Gasteiger partial charge is 0.0934 e. The molecule has 1 fully saturated rings. The van der Waals surface area contributed by atoms with Crippen molar-refractivity contribution in [2.45, 2.75) is 12.8 Å². The molecule has 3 unspecified atom stereocenters. The van der Waals surface area contributed by atoms with Crippen LogP contribution in [0.4, 0.5) is 5.69 Å². The van der Waals surface area contributed by atoms with Gasteiger partial charge in [-0.25, -0.2) is 0 Å². The molecule has 0 spiro atoms. The first-order valence-corrected chi connectivity index (χ1v) is 8.05. The number of rotatable bonds is 3. The van der Waals surface area contributed by atoms with E-state index in [1.165, 1.54) is 18.2 Å². The van der Waals surface area contributed by atoms with Crippen LogP contribution in [0.1, 0.15) is 12.8 Å². The van der Waals surface area contributed by atoms with Crippen molar-refractivity contribution in [3.63, 3.8) is 0 Å². The summed E-state index contributed by atoms with van der Waals surface area (Å²) in [7, 11) is 0. The van der Waals surface area contributed by atoms with Gasteiger partial charge in [-0.2, -0.15) is 0 Å². The minimum absolute atomic E-state index is 0.788. The molecule has 0 amide bonds. The number of halogens is 1. The zero-order valence-electron chi connectivity index (χ0n) is 11.2. The molecule has 1 N–H and O–H groups in total. The van der Waals surface area contributed by atoms with Gasteiger partial charge in [-0.3, -0.25) is 4.98 Å². The molecule has 2 bridgehead atoms. The molecule has 2 nitrogen and oxygen atoms in total. The van der Waals surface area contributed by atoms with Gasteiger partial charge in [-0.15, -0.1) is 0 Å². The van der Waals surface area contributed by atoms with Crippen molar-refractivity contribution in [3.05, 3.63) is 47.1 Å². The number of nitrogens with zero attached hydrogens (tertiary/aromatic N) is 1. The molecule has 1 heterocycles. The first-order valence-electron chi connectivity index (χ1n) is 7.26. The summed E-state index contributed by atoms with van der Waals surface area (Å²) in [6.07, 6.45) is 9.40. The summed E-state index contributed by atoms with van der Waals surface area (Å²) >= 11 is 3.48. The summed E-state index contributed by atoms with van der Waals surface area (Å²) < 4.78 is 1.03. The SMILES string of the molecule is Brc1cnc2c(NCC3CC4C=CC3C4)cccc2c1. The minimum atomic E-state index is 0.788. The second-order valence-corrected chi connectivity index (χ2v) is 6.87. The molecule has 2 aliphatic carbocycles. The lowest BCUT2D eigenvalue weighted by molar-refractivity contribution is 0.472. The Morgan fingerprint density at radius 1 is 1.25 bits per heavy atom. The monoisotopic (exact) mass is 328 g/mol. The number of allylic oxidation sites excluding steroid dienone is 2. The van der Waals surface area contributed by atoms with Crippen molar-refractivity contribution in [2.24, 2.45) is 17.8 Å². The summed E-state index contributed by atoms with van der Waals surface area (Å²) in [6, 6.07) is 8.46. The highest BCUT2D eigenvalue weighted by molar-refractivity contribution is 9.10. The van der Waals surface area contributed by atoms with Crippen LogP contribution < -0.4 is 5.32 Å². The van der Waals surface area contributed by atoms with Gasteiger partial charge in [0.05, 0.1) is 11.2 Å². The Labute approximate surface area is 127 Å². The lowest BCUT2D eigenvalue weighted by atomic mass is 9.93. The zero-order valence-corrected chi connectivity index (χ0v) is 12.8. The molecule has 102 valence electrons. The summed E-state index contributed by atoms with van der Waals surface area (Å²) in [5.41, 5.74) is 2.22. The maximum absolute atomic E-state index is 4.55. The Kier molecular flexibility index (Phi) is 3.03. The molecule has 3 atom stereocenters. The molecule has 1 aromatic carbocycles. The van der Waals surface area contributed by atoms with E-state index in [4.69, 9.17) is 0 Å². The van der Waals surface area contributed by atoms with Crippen LogP contribution in [-0.2, 0) is 0 Å². The normalized spacial score (nSPS) is 27.4. The molecule has 0 aliphatic heterocycles. The van der Waals surface area contributed by atoms with Crippen LogP contribution in [0.5, 0.6) is 0 Å². The number of benzene rings is 1. The van der Waals surface area contributed by atoms with Gasteiger partial charge in [0, 0.05) is 22.6 Å². The standard InChI is InChI=1S/C17H17BrN2/c18-15-8-13-2-1-3-16(17(13)20-10-15)19-9-14-7-11-4-5-12(14)6-11/h1-5,8,10-12,14,19H,6-7,9H2. The quantitative estimate of drug-likeness (QED) is 0.831. The molecule has 20 heavy (non-hydrogen) atoms. The third-order valence-corrected chi connectivity index (χ3v) is 5.08. The van der Waals surface area contributed by atoms with Crippen LogP contribution >= 0.6 is 15.9 Å². The highest BCUT2D eigenvalue weighted by atomic mass is 79.9. The zero-order chi connectivity index (χ0) is 13.5. The Hall–Kier alpha value is -1.35. The highest BCUT2D eigenvalue weighted by Crippen LogP contribution is 2.43. The lowest BCUT2D eigenvalue weighted by Gasteiger charge is -2.19. The van der Waals surface area contributed by atoms with Gasteiger partial charge >= 0.3 is 0 Å². The summed E-state index contributed by atoms with van der Waals surface area (Å²) in [6.45, 7) is 1.06. The van der Waals surface area contributed by atoms with E-state index in [-0.39, 0.29) is 0 Å². The fourth-order valence-corrected chi connectivity index (χ4v) is 4.00. The van der Waals surface area contributed by atoms with Crippen LogP contribution in [0, 0.1) is 17.8 Å². The molecule has 0 radical (unpaired) electrons. The van der Waals surface area contributed by atoms with E-state index in [1.54, 1.807) is 0 Å². The van der Waals surface area contributed by atoms with Crippen molar-refractivity contribution >= 4 is 32.5 Å². The summed E-state index contributed by atoms with van der Waals surface area (Å²) in [4.78, 5) is 4.55. The predicted molar refractivity (Wildman–Crippen MR) is 86.8 cm³/mol. The number of anilines is 1. The van der Waals surface area contributed by atoms with Crippen LogP contribution in [0.2, 0.25) is 0 Å². The van der Waals surface area contributed by atoms with Gasteiger partial charge in [0.25, 0.3) is 0 Å². The van der Waals surface area contributed by atoms with Gasteiger partial charge in [-0.05, 0) is 58.7 Å². The van der Waals surface area contributed by atoms with E-state index in [9.17, 15) is 0 Å². The number of fused-ring (bicyclic) bond motifs is 3. The predicted octanol–water partition coefficient (Wildman–Crippen LogP) is 4.62. The molecular formula is C17H17BrN2. The van der Waals surface area contributed by atoms with Crippen LogP contribution in [-0.4, -0.2) is 11.5 Å². The molecule has 2 aliphatic rings. The fourth-order valence-electron chi connectivity index (χ4n) is 3.65. The van der Waals surface area contributed by atoms with Gasteiger partial charge < -0.3 is 5.32 Å². The van der Waals surface area contributed by atoms with E-state index in [1.807, 2.05) is 6.20 Å². The van der Waals surface area contributed by atoms with Crippen molar-refractivity contribution in [2.75, 3.05) is 11.9 Å². The molecule has 4 rings (SSSR count). The van der Waals surface area contributed by atoms with Crippen LogP contribution in [0.15, 0.2) is 47.1 Å². The molecule has 2 aromatic rings. The molecular weight excluding hydrogens is 312 g/mol. The molecule has 1 saturated carbocycles. The van der Waals surface area contributed by atoms with E-state index in [2.05, 4.69) is 62.6 Å². The van der Waals surface area contributed by atoms with E-state index >= 15 is 0 Å². The van der Waals surface area contributed by atoms with Gasteiger partial charge in [0.15, 0.2) is 0 Å². The maximum atomic E-state index is 4.55. The first kappa shape index (κ1) is 12.4. The second kappa shape index (κ2) is 4.88. The topological polar surface area (TPSA) is 24.9 Å². The average Bonchev–Trinajstić information content (AvgIpc) is 3.07. The third kappa shape index (κ3) is 2.14. The fraction of sp³-hybridized carbons (Fsp3) is 0.353. The third-order valence-electron chi connectivity index (χ3n) is 4.65. The number of hydrogen-bond acceptors (Lipinski definition) is 2. The Balaban J connectivity index is 1.55. The van der Waals surface area contributed by atoms with Crippen LogP contribution in [0.25, 0.3) is 10.9 Å². The minimum Gasteiger partial charge on any atom is -0.383 e. The Morgan fingerprint density at radius 3 is 3.00 bits per heavy atom. The van der Waals surface area contributed by atoms with Gasteiger partial charge in [0.2, 0.25) is 0 Å². The Bertz CT molecular complexity index is 680. The number of aromatic nitrogens is 1. The maximum Gasteiger partial charge on any atom is 0.0934 e. The average molecular weight is 329 g/mol. The van der Waals surface area contributed by atoms with Crippen molar-refractivity contribution in [1.82, 2.24) is 4.98 Å². The lowest BCUT2D eigenvalue weighted by Crippen LogP contribution is -2.18. The first-order chi connectivity index (χ1) is 9.79. The van der Waals surface area contributed by atoms with Crippen LogP contribution in [0.3, 0.4) is 0 Å². The van der Waals surface area contributed by atoms with E-state index in [0.29, 0.717) is 0 Å². The molecule has 0 saturated heterocycles. The largest absolute Gasteiger partial charge is 0.383 e. The Morgan fingerprint density at radius 2 is 2.20 bits per heavy atom. The number of nitrogens with one attached hydrogen (secondary N) is 1. The molecule has 1 aromatic heterocycles. The van der Waals surface area contributed by atoms with Crippen molar-refractivity contribution < 1.29 is 0 Å². The number of hydrogen-bond donors (Lipinski definition) is 1. The van der Waals surface area contributed by atoms with E-state index < -0.39 is 0 Å². The van der Waals surface area contributed by atoms with E-state index in [0.717, 1.165) is 40.0 Å². The van der Waals surface area contributed by atoms with Crippen molar-refractivity contribution in [1.29, 1.82) is 0 Å². The van der Waals surface area contributed by atoms with Crippen molar-refractivity contribution in [3.8, 4) is 0 Å².